The first-order chi connectivity index (χ1) is 8.00. The Balaban J connectivity index is 2.43. The Hall–Kier alpha value is 0.560. The van der Waals surface area contributed by atoms with Gasteiger partial charge in [-0.1, -0.05) is 46.9 Å². The molecule has 17 heavy (non-hydrogen) atoms. The van der Waals surface area contributed by atoms with E-state index in [1.54, 1.807) is 6.07 Å². The normalized spacial score (nSPS) is 12.8. The van der Waals surface area contributed by atoms with Crippen molar-refractivity contribution in [3.63, 3.8) is 0 Å². The third-order valence-corrected chi connectivity index (χ3v) is 6.14. The molecule has 0 aliphatic carbocycles. The molecule has 90 valence electrons. The Bertz CT molecular complexity index is 533. The number of alkyl halides is 1. The van der Waals surface area contributed by atoms with Crippen LogP contribution in [0.25, 0.3) is 0 Å². The van der Waals surface area contributed by atoms with E-state index in [0.29, 0.717) is 14.4 Å². The average molecular weight is 391 g/mol. The van der Waals surface area contributed by atoms with Gasteiger partial charge in [0, 0.05) is 9.35 Å². The highest BCUT2D eigenvalue weighted by Crippen LogP contribution is 2.43. The minimum absolute atomic E-state index is 0.352. The Morgan fingerprint density at radius 2 is 1.88 bits per heavy atom. The van der Waals surface area contributed by atoms with Crippen molar-refractivity contribution in [2.75, 3.05) is 0 Å². The Kier molecular flexibility index (Phi) is 4.67. The van der Waals surface area contributed by atoms with Gasteiger partial charge in [0.25, 0.3) is 0 Å². The van der Waals surface area contributed by atoms with E-state index in [4.69, 9.17) is 46.4 Å². The zero-order valence-electron chi connectivity index (χ0n) is 8.18. The molecule has 1 heterocycles. The van der Waals surface area contributed by atoms with Crippen molar-refractivity contribution < 1.29 is 0 Å². The molecule has 2 aromatic rings. The van der Waals surface area contributed by atoms with Gasteiger partial charge in [0.15, 0.2) is 0 Å². The molecule has 0 spiro atoms. The second kappa shape index (κ2) is 5.68. The fourth-order valence-electron chi connectivity index (χ4n) is 1.36. The van der Waals surface area contributed by atoms with Crippen LogP contribution in [-0.2, 0) is 0 Å². The summed E-state index contributed by atoms with van der Waals surface area (Å²) in [4.78, 5) is 0.924. The van der Waals surface area contributed by atoms with Gasteiger partial charge in [-0.05, 0) is 33.6 Å². The molecular formula is C11H5BrCl4S. The SMILES string of the molecule is Clc1cccc(C(Cl)c2cc(Br)c(Cl)s2)c1Cl. The highest BCUT2D eigenvalue weighted by molar-refractivity contribution is 9.10. The van der Waals surface area contributed by atoms with Gasteiger partial charge >= 0.3 is 0 Å². The number of rotatable bonds is 2. The molecule has 0 aliphatic heterocycles. The van der Waals surface area contributed by atoms with Gasteiger partial charge in [-0.15, -0.1) is 22.9 Å². The van der Waals surface area contributed by atoms with E-state index in [1.807, 2.05) is 18.2 Å². The summed E-state index contributed by atoms with van der Waals surface area (Å²) in [6, 6.07) is 7.30. The predicted octanol–water partition coefficient (Wildman–Crippen LogP) is 6.80. The van der Waals surface area contributed by atoms with Gasteiger partial charge in [0.1, 0.15) is 4.34 Å². The fraction of sp³-hybridized carbons (Fsp3) is 0.0909. The van der Waals surface area contributed by atoms with Gasteiger partial charge in [-0.3, -0.25) is 0 Å². The van der Waals surface area contributed by atoms with Crippen LogP contribution in [0.2, 0.25) is 14.4 Å². The second-order valence-electron chi connectivity index (χ2n) is 3.28. The number of halogens is 5. The van der Waals surface area contributed by atoms with Crippen LogP contribution < -0.4 is 0 Å². The van der Waals surface area contributed by atoms with Crippen LogP contribution in [0.3, 0.4) is 0 Å². The van der Waals surface area contributed by atoms with E-state index in [-0.39, 0.29) is 5.38 Å². The summed E-state index contributed by atoms with van der Waals surface area (Å²) in [5.41, 5.74) is 0.784. The van der Waals surface area contributed by atoms with Crippen molar-refractivity contribution in [3.8, 4) is 0 Å². The van der Waals surface area contributed by atoms with Crippen LogP contribution in [-0.4, -0.2) is 0 Å². The molecule has 1 atom stereocenters. The lowest BCUT2D eigenvalue weighted by molar-refractivity contribution is 1.18. The molecule has 0 nitrogen and oxygen atoms in total. The zero-order valence-corrected chi connectivity index (χ0v) is 13.6. The van der Waals surface area contributed by atoms with Crippen LogP contribution >= 0.6 is 73.7 Å². The first-order valence-electron chi connectivity index (χ1n) is 4.53. The van der Waals surface area contributed by atoms with Crippen molar-refractivity contribution in [1.29, 1.82) is 0 Å². The average Bonchev–Trinajstić information content (AvgIpc) is 2.62. The fourth-order valence-corrected chi connectivity index (χ4v) is 3.94. The molecule has 0 saturated heterocycles. The zero-order chi connectivity index (χ0) is 12.6. The lowest BCUT2D eigenvalue weighted by atomic mass is 10.1. The lowest BCUT2D eigenvalue weighted by Gasteiger charge is -2.10. The molecule has 0 N–H and O–H groups in total. The lowest BCUT2D eigenvalue weighted by Crippen LogP contribution is -1.91. The standard InChI is InChI=1S/C11H5BrCl4S/c12-6-4-8(17-11(6)16)10(15)5-2-1-3-7(13)9(5)14/h1-4,10H. The maximum Gasteiger partial charge on any atom is 0.107 e. The van der Waals surface area contributed by atoms with E-state index >= 15 is 0 Å². The van der Waals surface area contributed by atoms with Crippen LogP contribution in [0.5, 0.6) is 0 Å². The monoisotopic (exact) mass is 388 g/mol. The number of hydrogen-bond acceptors (Lipinski definition) is 1. The predicted molar refractivity (Wildman–Crippen MR) is 81.2 cm³/mol. The molecule has 0 bridgehead atoms. The Labute approximate surface area is 132 Å². The summed E-state index contributed by atoms with van der Waals surface area (Å²) in [7, 11) is 0. The summed E-state index contributed by atoms with van der Waals surface area (Å²) in [6.07, 6.45) is 0. The van der Waals surface area contributed by atoms with Crippen molar-refractivity contribution in [1.82, 2.24) is 0 Å². The summed E-state index contributed by atoms with van der Waals surface area (Å²) in [5.74, 6) is 0. The summed E-state index contributed by atoms with van der Waals surface area (Å²) in [6.45, 7) is 0. The quantitative estimate of drug-likeness (QED) is 0.494. The minimum Gasteiger partial charge on any atom is -0.125 e. The minimum atomic E-state index is -0.352. The number of thiophene rings is 1. The molecule has 0 aliphatic rings. The summed E-state index contributed by atoms with van der Waals surface area (Å²) >= 11 is 29.2. The molecule has 1 aromatic carbocycles. The van der Waals surface area contributed by atoms with Gasteiger partial charge in [-0.25, -0.2) is 0 Å². The maximum atomic E-state index is 6.38. The molecular weight excluding hydrogens is 386 g/mol. The highest BCUT2D eigenvalue weighted by atomic mass is 79.9. The van der Waals surface area contributed by atoms with Crippen LogP contribution in [0, 0.1) is 0 Å². The third kappa shape index (κ3) is 2.94. The van der Waals surface area contributed by atoms with Gasteiger partial charge < -0.3 is 0 Å². The number of benzene rings is 1. The van der Waals surface area contributed by atoms with Crippen molar-refractivity contribution in [2.24, 2.45) is 0 Å². The number of hydrogen-bond donors (Lipinski definition) is 0. The van der Waals surface area contributed by atoms with E-state index in [1.165, 1.54) is 11.3 Å². The topological polar surface area (TPSA) is 0 Å². The van der Waals surface area contributed by atoms with Crippen LogP contribution in [0.4, 0.5) is 0 Å². The van der Waals surface area contributed by atoms with Crippen molar-refractivity contribution >= 4 is 73.7 Å². The molecule has 1 aromatic heterocycles. The molecule has 6 heteroatoms. The van der Waals surface area contributed by atoms with E-state index in [2.05, 4.69) is 15.9 Å². The van der Waals surface area contributed by atoms with E-state index in [9.17, 15) is 0 Å². The first-order valence-corrected chi connectivity index (χ1v) is 7.71. The third-order valence-electron chi connectivity index (χ3n) is 2.17. The van der Waals surface area contributed by atoms with Crippen molar-refractivity contribution in [2.45, 2.75) is 5.38 Å². The van der Waals surface area contributed by atoms with Crippen molar-refractivity contribution in [3.05, 3.63) is 53.6 Å². The summed E-state index contributed by atoms with van der Waals surface area (Å²) < 4.78 is 1.51. The maximum absolute atomic E-state index is 6.38. The van der Waals surface area contributed by atoms with Gasteiger partial charge in [0.2, 0.25) is 0 Å². The molecule has 0 radical (unpaired) electrons. The molecule has 0 amide bonds. The van der Waals surface area contributed by atoms with E-state index < -0.39 is 0 Å². The van der Waals surface area contributed by atoms with Crippen LogP contribution in [0.1, 0.15) is 15.8 Å². The summed E-state index contributed by atoms with van der Waals surface area (Å²) in [5, 5.41) is 0.626. The van der Waals surface area contributed by atoms with Gasteiger partial charge in [0.05, 0.1) is 15.4 Å². The van der Waals surface area contributed by atoms with E-state index in [0.717, 1.165) is 14.9 Å². The Morgan fingerprint density at radius 3 is 2.47 bits per heavy atom. The van der Waals surface area contributed by atoms with Gasteiger partial charge in [-0.2, -0.15) is 0 Å². The first kappa shape index (κ1) is 14.0. The molecule has 2 rings (SSSR count). The molecule has 1 unspecified atom stereocenters. The smallest absolute Gasteiger partial charge is 0.107 e. The second-order valence-corrected chi connectivity index (χ2v) is 7.04. The molecule has 0 saturated carbocycles. The Morgan fingerprint density at radius 1 is 1.18 bits per heavy atom. The van der Waals surface area contributed by atoms with Crippen LogP contribution in [0.15, 0.2) is 28.7 Å². The largest absolute Gasteiger partial charge is 0.125 e. The molecule has 0 fully saturated rings. The highest BCUT2D eigenvalue weighted by Gasteiger charge is 2.19.